The van der Waals surface area contributed by atoms with Crippen molar-refractivity contribution in [2.24, 2.45) is 23.2 Å². The van der Waals surface area contributed by atoms with Crippen molar-refractivity contribution in [3.05, 3.63) is 11.6 Å². The zero-order valence-corrected chi connectivity index (χ0v) is 15.2. The average Bonchev–Trinajstić information content (AvgIpc) is 3.18. The first-order valence-electron chi connectivity index (χ1n) is 9.44. The maximum atomic E-state index is 11.0. The quantitative estimate of drug-likeness (QED) is 0.572. The van der Waals surface area contributed by atoms with Crippen LogP contribution in [0.4, 0.5) is 0 Å². The number of ether oxygens (including phenoxy) is 1. The Labute approximate surface area is 141 Å². The van der Waals surface area contributed by atoms with E-state index in [-0.39, 0.29) is 35.6 Å². The summed E-state index contributed by atoms with van der Waals surface area (Å²) in [4.78, 5) is 0. The Morgan fingerprint density at radius 1 is 1.26 bits per heavy atom. The van der Waals surface area contributed by atoms with Crippen molar-refractivity contribution in [3.8, 4) is 0 Å². The van der Waals surface area contributed by atoms with Crippen molar-refractivity contribution >= 4 is 0 Å². The average molecular weight is 322 g/mol. The highest BCUT2D eigenvalue weighted by Gasteiger charge is 2.59. The number of hydrogen-bond donors (Lipinski definition) is 2. The Hall–Kier alpha value is -0.380. The third kappa shape index (κ3) is 3.01. The summed E-state index contributed by atoms with van der Waals surface area (Å²) in [5.74, 6) is 0.920. The molecular formula is C20H34O3. The molecule has 3 rings (SSSR count). The molecule has 7 atom stereocenters. The van der Waals surface area contributed by atoms with Crippen LogP contribution in [0.25, 0.3) is 0 Å². The molecule has 0 aromatic rings. The van der Waals surface area contributed by atoms with Crippen molar-refractivity contribution in [1.82, 2.24) is 0 Å². The number of allylic oxidation sites excluding steroid dienone is 2. The lowest BCUT2D eigenvalue weighted by Crippen LogP contribution is -2.49. The van der Waals surface area contributed by atoms with E-state index in [9.17, 15) is 10.2 Å². The minimum absolute atomic E-state index is 0.0488. The molecule has 1 aliphatic heterocycles. The summed E-state index contributed by atoms with van der Waals surface area (Å²) in [5, 5.41) is 21.1. The molecule has 0 spiro atoms. The van der Waals surface area contributed by atoms with Crippen LogP contribution in [-0.2, 0) is 4.74 Å². The van der Waals surface area contributed by atoms with Gasteiger partial charge in [-0.25, -0.2) is 0 Å². The fourth-order valence-corrected chi connectivity index (χ4v) is 5.30. The molecule has 1 saturated heterocycles. The number of aliphatic hydroxyl groups is 2. The number of hydrogen-bond acceptors (Lipinski definition) is 3. The maximum absolute atomic E-state index is 11.0. The van der Waals surface area contributed by atoms with Crippen LogP contribution in [0.5, 0.6) is 0 Å². The minimum atomic E-state index is -0.437. The van der Waals surface area contributed by atoms with E-state index >= 15 is 0 Å². The number of aliphatic hydroxyl groups excluding tert-OH is 2. The van der Waals surface area contributed by atoms with Gasteiger partial charge >= 0.3 is 0 Å². The second kappa shape index (κ2) is 6.16. The molecule has 3 heteroatoms. The molecular weight excluding hydrogens is 288 g/mol. The van der Waals surface area contributed by atoms with Crippen LogP contribution >= 0.6 is 0 Å². The SMILES string of the molecule is C/C1=C\CC[C@@]2(C)O[C@@H]2[C@H](O)[C@@H]2CC[C@@H](C)[C@](C)(CC1)[C@H]2CO. The standard InChI is InChI=1S/C20H34O3/c1-13-6-5-10-20(4)18(23-20)17(22)15-8-7-14(2)19(3,11-9-13)16(15)12-21/h6,14-18,21-22H,5,7-12H2,1-4H3/b13-6+/t14-,15-,16+,17-,18-,19+,20-/m1/s1. The van der Waals surface area contributed by atoms with Crippen LogP contribution in [0.3, 0.4) is 0 Å². The summed E-state index contributed by atoms with van der Waals surface area (Å²) in [6.45, 7) is 9.21. The Bertz CT molecular complexity index is 474. The van der Waals surface area contributed by atoms with Crippen molar-refractivity contribution in [3.63, 3.8) is 0 Å². The Kier molecular flexibility index (Phi) is 4.67. The predicted molar refractivity (Wildman–Crippen MR) is 92.1 cm³/mol. The van der Waals surface area contributed by atoms with Gasteiger partial charge in [0.1, 0.15) is 6.10 Å². The summed E-state index contributed by atoms with van der Waals surface area (Å²) in [5.41, 5.74) is 1.38. The van der Waals surface area contributed by atoms with E-state index in [1.165, 1.54) is 5.57 Å². The molecule has 2 aliphatic carbocycles. The van der Waals surface area contributed by atoms with Crippen molar-refractivity contribution in [1.29, 1.82) is 0 Å². The normalized spacial score (nSPS) is 53.3. The van der Waals surface area contributed by atoms with Gasteiger partial charge in [-0.05, 0) is 75.5 Å². The van der Waals surface area contributed by atoms with Gasteiger partial charge in [0.05, 0.1) is 11.7 Å². The van der Waals surface area contributed by atoms with Gasteiger partial charge in [0.15, 0.2) is 0 Å². The molecule has 2 bridgehead atoms. The van der Waals surface area contributed by atoms with E-state index in [1.54, 1.807) is 0 Å². The zero-order valence-electron chi connectivity index (χ0n) is 15.2. The van der Waals surface area contributed by atoms with Crippen molar-refractivity contribution in [2.75, 3.05) is 6.61 Å². The van der Waals surface area contributed by atoms with E-state index in [0.29, 0.717) is 5.92 Å². The highest BCUT2D eigenvalue weighted by atomic mass is 16.6. The summed E-state index contributed by atoms with van der Waals surface area (Å²) < 4.78 is 5.95. The van der Waals surface area contributed by atoms with Crippen LogP contribution < -0.4 is 0 Å². The van der Waals surface area contributed by atoms with Gasteiger partial charge in [0.25, 0.3) is 0 Å². The molecule has 3 aliphatic rings. The summed E-state index contributed by atoms with van der Waals surface area (Å²) >= 11 is 0. The molecule has 2 N–H and O–H groups in total. The molecule has 0 aromatic heterocycles. The molecule has 0 amide bonds. The van der Waals surface area contributed by atoms with E-state index in [0.717, 1.165) is 38.5 Å². The van der Waals surface area contributed by atoms with E-state index in [2.05, 4.69) is 33.8 Å². The van der Waals surface area contributed by atoms with Gasteiger partial charge in [-0.1, -0.05) is 25.5 Å². The number of fused-ring (bicyclic) bond motifs is 3. The Morgan fingerprint density at radius 2 is 2.00 bits per heavy atom. The highest BCUT2D eigenvalue weighted by Crippen LogP contribution is 2.55. The first-order valence-corrected chi connectivity index (χ1v) is 9.44. The largest absolute Gasteiger partial charge is 0.396 e. The smallest absolute Gasteiger partial charge is 0.113 e. The van der Waals surface area contributed by atoms with Crippen molar-refractivity contribution in [2.45, 2.75) is 84.0 Å². The molecule has 0 aromatic carbocycles. The van der Waals surface area contributed by atoms with Gasteiger partial charge in [-0.3, -0.25) is 0 Å². The minimum Gasteiger partial charge on any atom is -0.396 e. The third-order valence-electron chi connectivity index (χ3n) is 7.50. The first-order chi connectivity index (χ1) is 10.8. The first kappa shape index (κ1) is 17.4. The third-order valence-corrected chi connectivity index (χ3v) is 7.50. The molecule has 1 heterocycles. The number of rotatable bonds is 1. The van der Waals surface area contributed by atoms with Crippen molar-refractivity contribution < 1.29 is 14.9 Å². The summed E-state index contributed by atoms with van der Waals surface area (Å²) in [6.07, 6.45) is 8.23. The topological polar surface area (TPSA) is 53.0 Å². The van der Waals surface area contributed by atoms with Crippen LogP contribution in [0.2, 0.25) is 0 Å². The van der Waals surface area contributed by atoms with E-state index in [1.807, 2.05) is 0 Å². The molecule has 0 unspecified atom stereocenters. The fourth-order valence-electron chi connectivity index (χ4n) is 5.30. The second-order valence-corrected chi connectivity index (χ2v) is 8.87. The van der Waals surface area contributed by atoms with E-state index < -0.39 is 6.10 Å². The molecule has 132 valence electrons. The monoisotopic (exact) mass is 322 g/mol. The fraction of sp³-hybridized carbons (Fsp3) is 0.900. The van der Waals surface area contributed by atoms with Gasteiger partial charge in [0, 0.05) is 6.61 Å². The lowest BCUT2D eigenvalue weighted by molar-refractivity contribution is -0.0830. The molecule has 1 saturated carbocycles. The van der Waals surface area contributed by atoms with Crippen LogP contribution in [-0.4, -0.2) is 34.6 Å². The predicted octanol–water partition coefficient (Wildman–Crippen LogP) is 3.69. The van der Waals surface area contributed by atoms with Gasteiger partial charge in [-0.2, -0.15) is 0 Å². The molecule has 0 radical (unpaired) electrons. The molecule has 2 fully saturated rings. The lowest BCUT2D eigenvalue weighted by atomic mass is 9.54. The highest BCUT2D eigenvalue weighted by molar-refractivity contribution is 5.11. The summed E-state index contributed by atoms with van der Waals surface area (Å²) in [6, 6.07) is 0. The maximum Gasteiger partial charge on any atom is 0.113 e. The molecule has 3 nitrogen and oxygen atoms in total. The van der Waals surface area contributed by atoms with E-state index in [4.69, 9.17) is 4.74 Å². The Morgan fingerprint density at radius 3 is 2.70 bits per heavy atom. The van der Waals surface area contributed by atoms with Gasteiger partial charge in [-0.15, -0.1) is 0 Å². The van der Waals surface area contributed by atoms with Crippen LogP contribution in [0.1, 0.15) is 66.2 Å². The number of epoxide rings is 1. The van der Waals surface area contributed by atoms with Crippen LogP contribution in [0.15, 0.2) is 11.6 Å². The summed E-state index contributed by atoms with van der Waals surface area (Å²) in [7, 11) is 0. The zero-order chi connectivity index (χ0) is 16.8. The van der Waals surface area contributed by atoms with Crippen LogP contribution in [0, 0.1) is 23.2 Å². The van der Waals surface area contributed by atoms with Gasteiger partial charge in [0.2, 0.25) is 0 Å². The second-order valence-electron chi connectivity index (χ2n) is 8.87. The Balaban J connectivity index is 1.93. The van der Waals surface area contributed by atoms with Gasteiger partial charge < -0.3 is 14.9 Å². The molecule has 23 heavy (non-hydrogen) atoms. The lowest BCUT2D eigenvalue weighted by Gasteiger charge is -2.51.